The lowest BCUT2D eigenvalue weighted by molar-refractivity contribution is 0.773. The van der Waals surface area contributed by atoms with E-state index >= 15 is 0 Å². The van der Waals surface area contributed by atoms with Gasteiger partial charge in [-0.1, -0.05) is 13.8 Å². The second-order valence-electron chi connectivity index (χ2n) is 4.73. The highest BCUT2D eigenvalue weighted by atomic mass is 35.5. The topological polar surface area (TPSA) is 29.0 Å². The van der Waals surface area contributed by atoms with Gasteiger partial charge in [-0.15, -0.1) is 11.3 Å². The van der Waals surface area contributed by atoms with E-state index < -0.39 is 0 Å². The van der Waals surface area contributed by atoms with Crippen LogP contribution in [-0.2, 0) is 6.42 Å². The second kappa shape index (κ2) is 5.46. The van der Waals surface area contributed by atoms with Crippen molar-refractivity contribution in [3.8, 4) is 0 Å². The van der Waals surface area contributed by atoms with Crippen LogP contribution in [0, 0.1) is 0 Å². The van der Waals surface area contributed by atoms with Gasteiger partial charge in [-0.2, -0.15) is 16.7 Å². The first-order valence-corrected chi connectivity index (χ1v) is 8.74. The third-order valence-corrected chi connectivity index (χ3v) is 5.76. The first kappa shape index (κ1) is 13.5. The molecule has 6 heteroatoms. The Labute approximate surface area is 126 Å². The van der Waals surface area contributed by atoms with Gasteiger partial charge in [0.2, 0.25) is 5.28 Å². The molecular weight excluding hydrogens is 298 g/mol. The molecule has 3 rings (SSSR count). The van der Waals surface area contributed by atoms with Crippen LogP contribution in [-0.4, -0.2) is 34.1 Å². The van der Waals surface area contributed by atoms with Gasteiger partial charge >= 0.3 is 0 Å². The lowest BCUT2D eigenvalue weighted by Crippen LogP contribution is -2.37. The van der Waals surface area contributed by atoms with E-state index in [1.165, 1.54) is 4.88 Å². The minimum atomic E-state index is 0.359. The van der Waals surface area contributed by atoms with Crippen molar-refractivity contribution >= 4 is 50.7 Å². The van der Waals surface area contributed by atoms with Crippen molar-refractivity contribution in [3.63, 3.8) is 0 Å². The molecule has 3 nitrogen and oxygen atoms in total. The Morgan fingerprint density at radius 2 is 2.32 bits per heavy atom. The van der Waals surface area contributed by atoms with Gasteiger partial charge in [0.05, 0.1) is 5.39 Å². The van der Waals surface area contributed by atoms with Crippen molar-refractivity contribution in [1.29, 1.82) is 0 Å². The van der Waals surface area contributed by atoms with E-state index in [1.54, 1.807) is 11.3 Å². The van der Waals surface area contributed by atoms with E-state index in [1.807, 2.05) is 11.8 Å². The van der Waals surface area contributed by atoms with Crippen LogP contribution in [0.5, 0.6) is 0 Å². The zero-order chi connectivity index (χ0) is 13.4. The van der Waals surface area contributed by atoms with E-state index in [2.05, 4.69) is 34.8 Å². The molecule has 19 heavy (non-hydrogen) atoms. The molecule has 1 atom stereocenters. The Morgan fingerprint density at radius 3 is 3.05 bits per heavy atom. The van der Waals surface area contributed by atoms with E-state index in [-0.39, 0.29) is 0 Å². The molecule has 3 heterocycles. The summed E-state index contributed by atoms with van der Waals surface area (Å²) in [6.45, 7) is 6.50. The highest BCUT2D eigenvalue weighted by Crippen LogP contribution is 2.34. The van der Waals surface area contributed by atoms with Gasteiger partial charge in [-0.3, -0.25) is 0 Å². The number of aryl methyl sites for hydroxylation is 1. The highest BCUT2D eigenvalue weighted by Gasteiger charge is 2.21. The van der Waals surface area contributed by atoms with Crippen LogP contribution in [0.1, 0.15) is 18.7 Å². The summed E-state index contributed by atoms with van der Waals surface area (Å²) in [7, 11) is 0. The molecule has 0 radical (unpaired) electrons. The first-order valence-electron chi connectivity index (χ1n) is 6.50. The number of nitrogens with zero attached hydrogens (tertiary/aromatic N) is 3. The monoisotopic (exact) mass is 313 g/mol. The predicted octanol–water partition coefficient (Wildman–Crippen LogP) is 3.85. The van der Waals surface area contributed by atoms with Crippen molar-refractivity contribution in [2.24, 2.45) is 0 Å². The molecule has 0 aromatic carbocycles. The van der Waals surface area contributed by atoms with Crippen LogP contribution in [0.25, 0.3) is 10.2 Å². The van der Waals surface area contributed by atoms with E-state index in [9.17, 15) is 0 Å². The van der Waals surface area contributed by atoms with E-state index in [4.69, 9.17) is 11.6 Å². The lowest BCUT2D eigenvalue weighted by Gasteiger charge is -2.31. The zero-order valence-electron chi connectivity index (χ0n) is 11.0. The van der Waals surface area contributed by atoms with E-state index in [0.29, 0.717) is 10.5 Å². The van der Waals surface area contributed by atoms with Crippen molar-refractivity contribution in [2.45, 2.75) is 25.5 Å². The molecule has 102 valence electrons. The Balaban J connectivity index is 2.08. The molecular formula is C13H16ClN3S2. The number of hydrogen-bond donors (Lipinski definition) is 0. The summed E-state index contributed by atoms with van der Waals surface area (Å²) in [5.41, 5.74) is 0. The van der Waals surface area contributed by atoms with Crippen molar-refractivity contribution in [2.75, 3.05) is 23.7 Å². The molecule has 0 aliphatic carbocycles. The molecule has 1 saturated heterocycles. The highest BCUT2D eigenvalue weighted by molar-refractivity contribution is 8.00. The largest absolute Gasteiger partial charge is 0.354 e. The number of rotatable bonds is 2. The molecule has 0 bridgehead atoms. The van der Waals surface area contributed by atoms with Crippen LogP contribution in [0.2, 0.25) is 5.28 Å². The number of aromatic nitrogens is 2. The maximum atomic E-state index is 6.08. The predicted molar refractivity (Wildman–Crippen MR) is 85.9 cm³/mol. The number of thioether (sulfide) groups is 1. The minimum absolute atomic E-state index is 0.359. The summed E-state index contributed by atoms with van der Waals surface area (Å²) in [5.74, 6) is 2.16. The summed E-state index contributed by atoms with van der Waals surface area (Å²) in [6.07, 6.45) is 1.03. The summed E-state index contributed by atoms with van der Waals surface area (Å²) < 4.78 is 0. The van der Waals surface area contributed by atoms with Crippen LogP contribution in [0.4, 0.5) is 5.82 Å². The van der Waals surface area contributed by atoms with Crippen molar-refractivity contribution in [1.82, 2.24) is 9.97 Å². The summed E-state index contributed by atoms with van der Waals surface area (Å²) >= 11 is 9.83. The maximum Gasteiger partial charge on any atom is 0.225 e. The quantitative estimate of drug-likeness (QED) is 0.788. The molecule has 0 saturated carbocycles. The molecule has 0 N–H and O–H groups in total. The van der Waals surface area contributed by atoms with Crippen molar-refractivity contribution < 1.29 is 0 Å². The van der Waals surface area contributed by atoms with Gasteiger partial charge in [0.25, 0.3) is 0 Å². The van der Waals surface area contributed by atoms with Gasteiger partial charge in [0.1, 0.15) is 10.6 Å². The van der Waals surface area contributed by atoms with Gasteiger partial charge in [0, 0.05) is 29.0 Å². The number of fused-ring (bicyclic) bond motifs is 1. The van der Waals surface area contributed by atoms with Gasteiger partial charge in [-0.05, 0) is 24.1 Å². The Hall–Kier alpha value is -0.520. The second-order valence-corrected chi connectivity index (χ2v) is 7.73. The fourth-order valence-electron chi connectivity index (χ4n) is 2.36. The minimum Gasteiger partial charge on any atom is -0.354 e. The SMILES string of the molecule is CCc1cc2c(N3CCSC(C)C3)nc(Cl)nc2s1. The Kier molecular flexibility index (Phi) is 3.87. The summed E-state index contributed by atoms with van der Waals surface area (Å²) in [4.78, 5) is 13.5. The smallest absolute Gasteiger partial charge is 0.225 e. The third kappa shape index (κ3) is 2.69. The van der Waals surface area contributed by atoms with Gasteiger partial charge in [0.15, 0.2) is 0 Å². The van der Waals surface area contributed by atoms with Crippen molar-refractivity contribution in [3.05, 3.63) is 16.2 Å². The Bertz CT molecular complexity index is 599. The fraction of sp³-hybridized carbons (Fsp3) is 0.538. The molecule has 1 aliphatic rings. The maximum absolute atomic E-state index is 6.08. The molecule has 1 aliphatic heterocycles. The fourth-order valence-corrected chi connectivity index (χ4v) is 4.55. The average molecular weight is 314 g/mol. The summed E-state index contributed by atoms with van der Waals surface area (Å²) in [6, 6.07) is 2.22. The Morgan fingerprint density at radius 1 is 1.47 bits per heavy atom. The molecule has 2 aromatic heterocycles. The molecule has 0 amide bonds. The van der Waals surface area contributed by atoms with Crippen LogP contribution >= 0.6 is 34.7 Å². The zero-order valence-corrected chi connectivity index (χ0v) is 13.4. The van der Waals surface area contributed by atoms with Crippen LogP contribution < -0.4 is 4.90 Å². The third-order valence-electron chi connectivity index (χ3n) is 3.29. The first-order chi connectivity index (χ1) is 9.17. The lowest BCUT2D eigenvalue weighted by atomic mass is 10.2. The summed E-state index contributed by atoms with van der Waals surface area (Å²) in [5, 5.41) is 2.16. The van der Waals surface area contributed by atoms with E-state index in [0.717, 1.165) is 41.3 Å². The average Bonchev–Trinajstić information content (AvgIpc) is 2.80. The molecule has 1 fully saturated rings. The van der Waals surface area contributed by atoms with Gasteiger partial charge in [-0.25, -0.2) is 4.98 Å². The van der Waals surface area contributed by atoms with Gasteiger partial charge < -0.3 is 4.90 Å². The number of halogens is 1. The van der Waals surface area contributed by atoms with Crippen LogP contribution in [0.15, 0.2) is 6.07 Å². The number of thiophene rings is 1. The molecule has 2 aromatic rings. The molecule has 0 spiro atoms. The number of anilines is 1. The number of hydrogen-bond acceptors (Lipinski definition) is 5. The normalized spacial score (nSPS) is 20.2. The standard InChI is InChI=1S/C13H16ClN3S2/c1-3-9-6-10-11(15-13(14)16-12(10)19-9)17-4-5-18-8(2)7-17/h6,8H,3-5,7H2,1-2H3. The molecule has 1 unspecified atom stereocenters. The van der Waals surface area contributed by atoms with Crippen LogP contribution in [0.3, 0.4) is 0 Å².